The van der Waals surface area contributed by atoms with Gasteiger partial charge in [-0.05, 0) is 269 Å². The molecule has 0 unspecified atom stereocenters. The molecule has 0 radical (unpaired) electrons. The summed E-state index contributed by atoms with van der Waals surface area (Å²) in [6.07, 6.45) is 33.2. The summed E-state index contributed by atoms with van der Waals surface area (Å²) >= 11 is 0. The number of likely N-dealkylation sites (N-methyl/N-ethyl adjacent to an activating group) is 5. The van der Waals surface area contributed by atoms with Crippen LogP contribution in [-0.2, 0) is 51.3 Å². The molecule has 0 bridgehead atoms. The second-order valence-electron chi connectivity index (χ2n) is 30.7. The van der Waals surface area contributed by atoms with Gasteiger partial charge in [-0.2, -0.15) is 0 Å². The normalized spacial score (nSPS) is 11.0. The lowest BCUT2D eigenvalue weighted by Gasteiger charge is -2.12. The third-order valence-corrected chi connectivity index (χ3v) is 19.5. The minimum atomic E-state index is -0.265. The molecule has 0 aromatic heterocycles. The summed E-state index contributed by atoms with van der Waals surface area (Å²) in [5.41, 5.74) is 9.71. The molecule has 36 nitrogen and oxygen atoms in total. The largest absolute Gasteiger partial charge is 0.504 e. The van der Waals surface area contributed by atoms with E-state index in [2.05, 4.69) is 54.7 Å². The number of hydrogen-bond acceptors (Lipinski definition) is 28. The van der Waals surface area contributed by atoms with E-state index in [4.69, 9.17) is 61.3 Å². The molecule has 0 heterocycles. The Morgan fingerprint density at radius 1 is 0.264 bits per heavy atom. The van der Waals surface area contributed by atoms with E-state index in [1.165, 1.54) is 235 Å². The predicted octanol–water partition coefficient (Wildman–Crippen LogP) is 15.1. The van der Waals surface area contributed by atoms with E-state index < -0.39 is 0 Å². The topological polar surface area (TPSA) is 620 Å². The number of para-hydroxylation sites is 1. The second kappa shape index (κ2) is 65.1. The maximum absolute atomic E-state index is 11.7. The number of rotatable bonds is 26. The fourth-order valence-corrected chi connectivity index (χ4v) is 11.5. The van der Waals surface area contributed by atoms with Crippen LogP contribution >= 0.6 is 0 Å². The Hall–Kier alpha value is -20.0. The van der Waals surface area contributed by atoms with Gasteiger partial charge in [0.1, 0.15) is 0 Å². The molecule has 0 fully saturated rings. The van der Waals surface area contributed by atoms with Crippen molar-refractivity contribution in [1.29, 1.82) is 0 Å². The van der Waals surface area contributed by atoms with Crippen LogP contribution in [0.15, 0.2) is 321 Å². The lowest BCUT2D eigenvalue weighted by Crippen LogP contribution is -2.22. The molecule has 27 N–H and O–H groups in total. The molecule has 0 spiro atoms. The number of amides is 8. The maximum atomic E-state index is 11.7. The van der Waals surface area contributed by atoms with Crippen LogP contribution in [0.1, 0.15) is 86.9 Å². The van der Waals surface area contributed by atoms with Crippen LogP contribution in [0.2, 0.25) is 0 Å². The van der Waals surface area contributed by atoms with Gasteiger partial charge in [-0.15, -0.1) is 0 Å². The third-order valence-electron chi connectivity index (χ3n) is 19.5. The van der Waals surface area contributed by atoms with Gasteiger partial charge >= 0.3 is 0 Å². The number of anilines is 1. The lowest BCUT2D eigenvalue weighted by atomic mass is 10.1. The Morgan fingerprint density at radius 3 is 0.736 bits per heavy atom. The van der Waals surface area contributed by atoms with Crippen molar-refractivity contribution in [2.45, 2.75) is 38.6 Å². The molecule has 1 aliphatic rings. The highest BCUT2D eigenvalue weighted by Gasteiger charge is 2.12. The van der Waals surface area contributed by atoms with Crippen LogP contribution in [0, 0.1) is 0 Å². The number of phenolic OH excluding ortho intramolecular Hbond substituents is 18. The first-order chi connectivity index (χ1) is 70.8. The minimum absolute atomic E-state index is 0.151. The molecule has 12 aromatic rings. The summed E-state index contributed by atoms with van der Waals surface area (Å²) in [6.45, 7) is 1.07. The molecule has 12 aromatic carbocycles. The number of hydroxylamine groups is 2. The lowest BCUT2D eigenvalue weighted by molar-refractivity contribution is -0.117. The van der Waals surface area contributed by atoms with Crippen molar-refractivity contribution in [3.63, 3.8) is 0 Å². The zero-order valence-corrected chi connectivity index (χ0v) is 80.9. The number of nitrogens with zero attached hydrogens (tertiary/aromatic N) is 1. The molecule has 8 amide bonds. The van der Waals surface area contributed by atoms with Crippen molar-refractivity contribution in [2.75, 3.05) is 47.1 Å². The SMILES string of the molecule is CNC(=O)/C=C/c1ccc(O)c(O)c1.CNC(=O)/C=C/c1ccc(O)c(O)c1.CNC(=O)/C=C/c1ccc(O)c(O)c1.CNC(=O)/C=C/c1ccc(O)c(O)c1.CNC(=O)/C=C/c1ccc(O)c(O)c1.O=C(/C=C/c1ccc(O)c(O)c1)NCCCc1ccccc1.O=C(/C=C/c1ccc(O)c(O)c1)NCc1ccccc1.O=C(/C=C/c1ccc(O)c(O)c1)Nc1ccccc1.Oc1ccc(/C=C/N(O)C2=CCCC2)cc1O. The highest BCUT2D eigenvalue weighted by Crippen LogP contribution is 2.33. The monoisotopic (exact) mass is 2020 g/mol. The number of carbonyl (C=O) groups is 8. The van der Waals surface area contributed by atoms with E-state index >= 15 is 0 Å². The number of phenols is 18. The zero-order chi connectivity index (χ0) is 109. The summed E-state index contributed by atoms with van der Waals surface area (Å²) in [4.78, 5) is 89.1. The van der Waals surface area contributed by atoms with Crippen LogP contribution in [0.3, 0.4) is 0 Å². The number of allylic oxidation sites excluding steroid dienone is 2. The van der Waals surface area contributed by atoms with Gasteiger partial charge in [-0.1, -0.05) is 140 Å². The van der Waals surface area contributed by atoms with Gasteiger partial charge in [0.15, 0.2) is 103 Å². The van der Waals surface area contributed by atoms with E-state index in [0.29, 0.717) is 68.8 Å². The van der Waals surface area contributed by atoms with E-state index in [1.54, 1.807) is 91.0 Å². The average Bonchev–Trinajstić information content (AvgIpc) is 1.22. The summed E-state index contributed by atoms with van der Waals surface area (Å²) in [5.74, 6) is -5.21. The fraction of sp³-hybridized carbons (Fsp3) is 0.107. The summed E-state index contributed by atoms with van der Waals surface area (Å²) in [7, 11) is 7.64. The predicted molar refractivity (Wildman–Crippen MR) is 566 cm³/mol. The molecule has 1 aliphatic carbocycles. The van der Waals surface area contributed by atoms with E-state index in [1.807, 2.05) is 72.8 Å². The highest BCUT2D eigenvalue weighted by atomic mass is 16.5. The second-order valence-corrected chi connectivity index (χ2v) is 30.7. The standard InChI is InChI=1S/C18H19NO3.C16H15NO3.C15H13NO3.C13H15NO3.5C10H11NO3/c20-16-10-8-15(13-17(16)21)9-11-18(22)19-12-4-7-14-5-2-1-3-6-14;18-14-8-6-12(10-15(14)19)7-9-16(20)17-11-13-4-2-1-3-5-13;17-13-8-6-11(10-14(13)18)7-9-15(19)16-12-4-2-1-3-5-12;15-12-6-5-10(9-13(12)16)7-8-14(17)11-3-1-2-4-11;5*1-11-10(14)5-3-7-2-4-8(12)9(13)6-7/h1-3,5-6,8-11,13,20-21H,4,7,12H2,(H,19,22);1-10,18-19H,11H2,(H,17,20);1-10,17-18H,(H,16,19);3,5-9,15-17H,1-2,4H2;5*2-6,12-13H,1H3,(H,11,14)/b11-9+;2*9-7+;8-7+;5*5-3+. The van der Waals surface area contributed by atoms with Gasteiger partial charge in [0.2, 0.25) is 47.3 Å². The first-order valence-electron chi connectivity index (χ1n) is 44.8. The van der Waals surface area contributed by atoms with E-state index in [9.17, 15) is 74.2 Å². The quantitative estimate of drug-likeness (QED) is 0.0104. The fourth-order valence-electron chi connectivity index (χ4n) is 11.5. The number of aryl methyl sites for hydroxylation is 1. The van der Waals surface area contributed by atoms with Crippen molar-refractivity contribution in [3.05, 3.63) is 383 Å². The number of nitrogens with one attached hydrogen (secondary N) is 8. The van der Waals surface area contributed by atoms with Crippen LogP contribution in [0.4, 0.5) is 5.69 Å². The van der Waals surface area contributed by atoms with E-state index in [-0.39, 0.29) is 151 Å². The zero-order valence-electron chi connectivity index (χ0n) is 80.9. The number of benzene rings is 12. The highest BCUT2D eigenvalue weighted by molar-refractivity contribution is 6.02. The van der Waals surface area contributed by atoms with Crippen LogP contribution in [0.5, 0.6) is 103 Å². The molecule has 0 atom stereocenters. The molecule has 0 aliphatic heterocycles. The van der Waals surface area contributed by atoms with Crippen LogP contribution in [-0.4, -0.2) is 191 Å². The molecular formula is C112H117N9O27. The summed E-state index contributed by atoms with van der Waals surface area (Å²) < 4.78 is 0. The maximum Gasteiger partial charge on any atom is 0.248 e. The van der Waals surface area contributed by atoms with Gasteiger partial charge in [0.05, 0.1) is 0 Å². The van der Waals surface area contributed by atoms with Crippen LogP contribution in [0.25, 0.3) is 54.7 Å². The molecule has 13 rings (SSSR count). The van der Waals surface area contributed by atoms with Crippen molar-refractivity contribution < 1.29 is 135 Å². The van der Waals surface area contributed by atoms with Gasteiger partial charge in [-0.25, -0.2) is 5.06 Å². The summed E-state index contributed by atoms with van der Waals surface area (Å²) in [5, 5.41) is 196. The Labute approximate surface area is 852 Å². The third kappa shape index (κ3) is 47.7. The van der Waals surface area contributed by atoms with Gasteiger partial charge < -0.3 is 134 Å². The average molecular weight is 2020 g/mol. The molecule has 0 saturated carbocycles. The first kappa shape index (κ1) is 118. The molecule has 36 heteroatoms. The minimum Gasteiger partial charge on any atom is -0.504 e. The number of hydrogen-bond donors (Lipinski definition) is 27. The van der Waals surface area contributed by atoms with Crippen molar-refractivity contribution in [3.8, 4) is 103 Å². The van der Waals surface area contributed by atoms with Crippen molar-refractivity contribution >= 4 is 108 Å². The van der Waals surface area contributed by atoms with Crippen LogP contribution < -0.4 is 42.5 Å². The Balaban J connectivity index is 0.000000294. The number of aromatic hydroxyl groups is 18. The van der Waals surface area contributed by atoms with Gasteiger partial charge in [-0.3, -0.25) is 43.6 Å². The Kier molecular flexibility index (Phi) is 52.1. The summed E-state index contributed by atoms with van der Waals surface area (Å²) in [6, 6.07) is 68.1. The first-order valence-corrected chi connectivity index (χ1v) is 44.8. The number of carbonyl (C=O) groups excluding carboxylic acids is 8. The van der Waals surface area contributed by atoms with Gasteiger partial charge in [0, 0.05) is 115 Å². The van der Waals surface area contributed by atoms with E-state index in [0.717, 1.165) is 48.4 Å². The Bertz CT molecular complexity index is 6280. The van der Waals surface area contributed by atoms with Crippen molar-refractivity contribution in [1.82, 2.24) is 42.3 Å². The molecule has 0 saturated heterocycles. The molecular weight excluding hydrogens is 1900 g/mol. The Morgan fingerprint density at radius 2 is 0.493 bits per heavy atom. The van der Waals surface area contributed by atoms with Crippen molar-refractivity contribution in [2.24, 2.45) is 0 Å². The molecule has 772 valence electrons. The molecule has 148 heavy (non-hydrogen) atoms. The smallest absolute Gasteiger partial charge is 0.248 e. The van der Waals surface area contributed by atoms with Gasteiger partial charge in [0.25, 0.3) is 0 Å².